The highest BCUT2D eigenvalue weighted by atomic mass is 32.2. The maximum absolute atomic E-state index is 12.4. The van der Waals surface area contributed by atoms with Crippen molar-refractivity contribution in [3.63, 3.8) is 0 Å². The minimum atomic E-state index is -0.846. The standard InChI is InChI=1S/C16H26N4O5S/c1-7-10(3)13-17-15(20(18-13)16(23)19(5)6)26-12(9-25-11(4)21)14(22)24-8-2/h10,12H,7-9H2,1-6H3. The van der Waals surface area contributed by atoms with E-state index in [1.807, 2.05) is 13.8 Å². The SMILES string of the molecule is CCOC(=O)C(COC(C)=O)Sc1nc(C(C)CC)nn1C(=O)N(C)C. The molecular formula is C16H26N4O5S. The summed E-state index contributed by atoms with van der Waals surface area (Å²) in [5.41, 5.74) is 0. The number of nitrogens with zero attached hydrogens (tertiary/aromatic N) is 4. The number of hydrogen-bond acceptors (Lipinski definition) is 8. The Bertz CT molecular complexity index is 647. The average molecular weight is 386 g/mol. The summed E-state index contributed by atoms with van der Waals surface area (Å²) in [5, 5.41) is 3.70. The molecule has 146 valence electrons. The summed E-state index contributed by atoms with van der Waals surface area (Å²) in [5.74, 6) is -0.484. The zero-order chi connectivity index (χ0) is 19.9. The monoisotopic (exact) mass is 386 g/mol. The molecule has 2 unspecified atom stereocenters. The van der Waals surface area contributed by atoms with Gasteiger partial charge in [-0.25, -0.2) is 9.78 Å². The first kappa shape index (κ1) is 21.9. The number of rotatable bonds is 8. The minimum Gasteiger partial charge on any atom is -0.465 e. The molecule has 0 saturated heterocycles. The number of thioether (sulfide) groups is 1. The molecule has 0 saturated carbocycles. The quantitative estimate of drug-likeness (QED) is 0.493. The second-order valence-corrected chi connectivity index (χ2v) is 6.98. The molecule has 2 atom stereocenters. The normalized spacial score (nSPS) is 13.0. The Balaban J connectivity index is 3.17. The van der Waals surface area contributed by atoms with Crippen LogP contribution in [-0.4, -0.2) is 70.2 Å². The second kappa shape index (κ2) is 10.1. The van der Waals surface area contributed by atoms with Crippen molar-refractivity contribution in [1.82, 2.24) is 19.7 Å². The second-order valence-electron chi connectivity index (χ2n) is 5.81. The molecule has 0 radical (unpaired) electrons. The van der Waals surface area contributed by atoms with Gasteiger partial charge in [-0.15, -0.1) is 5.10 Å². The van der Waals surface area contributed by atoms with E-state index >= 15 is 0 Å². The first-order chi connectivity index (χ1) is 12.2. The van der Waals surface area contributed by atoms with Crippen molar-refractivity contribution in [2.24, 2.45) is 0 Å². The molecule has 1 aromatic heterocycles. The van der Waals surface area contributed by atoms with Gasteiger partial charge in [-0.1, -0.05) is 25.6 Å². The molecule has 1 amide bonds. The summed E-state index contributed by atoms with van der Waals surface area (Å²) in [4.78, 5) is 41.5. The van der Waals surface area contributed by atoms with E-state index in [9.17, 15) is 14.4 Å². The Morgan fingerprint density at radius 3 is 2.38 bits per heavy atom. The van der Waals surface area contributed by atoms with E-state index in [-0.39, 0.29) is 30.3 Å². The van der Waals surface area contributed by atoms with Gasteiger partial charge >= 0.3 is 18.0 Å². The third-order valence-corrected chi connectivity index (χ3v) is 4.53. The van der Waals surface area contributed by atoms with Crippen LogP contribution >= 0.6 is 11.8 Å². The van der Waals surface area contributed by atoms with Crippen LogP contribution in [0.3, 0.4) is 0 Å². The first-order valence-electron chi connectivity index (χ1n) is 8.36. The Kier molecular flexibility index (Phi) is 8.56. The summed E-state index contributed by atoms with van der Waals surface area (Å²) in [6, 6.07) is -0.385. The molecule has 1 heterocycles. The topological polar surface area (TPSA) is 104 Å². The fraction of sp³-hybridized carbons (Fsp3) is 0.688. The van der Waals surface area contributed by atoms with Crippen LogP contribution in [0.25, 0.3) is 0 Å². The maximum atomic E-state index is 12.4. The van der Waals surface area contributed by atoms with E-state index in [4.69, 9.17) is 9.47 Å². The lowest BCUT2D eigenvalue weighted by Crippen LogP contribution is -2.31. The van der Waals surface area contributed by atoms with Gasteiger partial charge in [-0.2, -0.15) is 4.68 Å². The largest absolute Gasteiger partial charge is 0.465 e. The molecular weight excluding hydrogens is 360 g/mol. The zero-order valence-electron chi connectivity index (χ0n) is 16.0. The van der Waals surface area contributed by atoms with Gasteiger partial charge in [0.2, 0.25) is 0 Å². The summed E-state index contributed by atoms with van der Waals surface area (Å²) in [7, 11) is 3.20. The van der Waals surface area contributed by atoms with Gasteiger partial charge in [0.05, 0.1) is 6.61 Å². The molecule has 0 spiro atoms. The molecule has 10 heteroatoms. The van der Waals surface area contributed by atoms with Crippen LogP contribution in [-0.2, 0) is 19.1 Å². The van der Waals surface area contributed by atoms with Gasteiger partial charge in [0.1, 0.15) is 11.9 Å². The molecule has 0 bridgehead atoms. The Morgan fingerprint density at radius 1 is 1.23 bits per heavy atom. The number of ether oxygens (including phenoxy) is 2. The van der Waals surface area contributed by atoms with Crippen molar-refractivity contribution < 1.29 is 23.9 Å². The summed E-state index contributed by atoms with van der Waals surface area (Å²) in [6.07, 6.45) is 0.805. The van der Waals surface area contributed by atoms with E-state index in [0.29, 0.717) is 5.82 Å². The predicted octanol–water partition coefficient (Wildman–Crippen LogP) is 1.91. The third-order valence-electron chi connectivity index (χ3n) is 3.45. The molecule has 1 rings (SSSR count). The maximum Gasteiger partial charge on any atom is 0.346 e. The summed E-state index contributed by atoms with van der Waals surface area (Å²) < 4.78 is 11.1. The van der Waals surface area contributed by atoms with Gasteiger partial charge in [-0.3, -0.25) is 9.59 Å². The molecule has 9 nitrogen and oxygen atoms in total. The van der Waals surface area contributed by atoms with E-state index < -0.39 is 17.2 Å². The van der Waals surface area contributed by atoms with Crippen molar-refractivity contribution >= 4 is 29.7 Å². The fourth-order valence-corrected chi connectivity index (χ4v) is 2.72. The minimum absolute atomic E-state index is 0.0556. The molecule has 26 heavy (non-hydrogen) atoms. The van der Waals surface area contributed by atoms with E-state index in [1.165, 1.54) is 11.8 Å². The molecule has 0 fully saturated rings. The number of hydrogen-bond donors (Lipinski definition) is 0. The van der Waals surface area contributed by atoms with Gasteiger partial charge in [-0.05, 0) is 13.3 Å². The van der Waals surface area contributed by atoms with Gasteiger partial charge < -0.3 is 14.4 Å². The van der Waals surface area contributed by atoms with Crippen molar-refractivity contribution in [2.75, 3.05) is 27.3 Å². The zero-order valence-corrected chi connectivity index (χ0v) is 16.8. The molecule has 0 aromatic carbocycles. The molecule has 0 aliphatic heterocycles. The van der Waals surface area contributed by atoms with E-state index in [1.54, 1.807) is 21.0 Å². The summed E-state index contributed by atoms with van der Waals surface area (Å²) in [6.45, 7) is 6.90. The number of carbonyl (C=O) groups excluding carboxylic acids is 3. The van der Waals surface area contributed by atoms with Crippen LogP contribution in [0.4, 0.5) is 4.79 Å². The number of esters is 2. The fourth-order valence-electron chi connectivity index (χ4n) is 1.80. The van der Waals surface area contributed by atoms with Crippen LogP contribution in [0.15, 0.2) is 5.16 Å². The lowest BCUT2D eigenvalue weighted by atomic mass is 10.1. The molecule has 1 aromatic rings. The average Bonchev–Trinajstić information content (AvgIpc) is 3.00. The van der Waals surface area contributed by atoms with Crippen LogP contribution in [0.5, 0.6) is 0 Å². The number of carbonyl (C=O) groups is 3. The molecule has 0 N–H and O–H groups in total. The van der Waals surface area contributed by atoms with Gasteiger partial charge in [0.15, 0.2) is 11.0 Å². The van der Waals surface area contributed by atoms with Gasteiger partial charge in [0.25, 0.3) is 0 Å². The van der Waals surface area contributed by atoms with Crippen molar-refractivity contribution in [3.05, 3.63) is 5.82 Å². The summed E-state index contributed by atoms with van der Waals surface area (Å²) >= 11 is 0.990. The van der Waals surface area contributed by atoms with Crippen LogP contribution in [0, 0.1) is 0 Å². The van der Waals surface area contributed by atoms with Gasteiger partial charge in [0, 0.05) is 26.9 Å². The highest BCUT2D eigenvalue weighted by Gasteiger charge is 2.28. The highest BCUT2D eigenvalue weighted by Crippen LogP contribution is 2.26. The van der Waals surface area contributed by atoms with Crippen LogP contribution < -0.4 is 0 Å². The molecule has 0 aliphatic rings. The van der Waals surface area contributed by atoms with Crippen LogP contribution in [0.2, 0.25) is 0 Å². The van der Waals surface area contributed by atoms with E-state index in [2.05, 4.69) is 10.1 Å². The Labute approximate surface area is 157 Å². The van der Waals surface area contributed by atoms with E-state index in [0.717, 1.165) is 22.9 Å². The smallest absolute Gasteiger partial charge is 0.346 e. The number of amides is 1. The van der Waals surface area contributed by atoms with Crippen LogP contribution in [0.1, 0.15) is 45.9 Å². The lowest BCUT2D eigenvalue weighted by molar-refractivity contribution is -0.147. The predicted molar refractivity (Wildman–Crippen MR) is 96.1 cm³/mol. The lowest BCUT2D eigenvalue weighted by Gasteiger charge is -2.15. The third kappa shape index (κ3) is 6.01. The van der Waals surface area contributed by atoms with Crippen molar-refractivity contribution in [3.8, 4) is 0 Å². The number of aromatic nitrogens is 3. The molecule has 0 aliphatic carbocycles. The van der Waals surface area contributed by atoms with Crippen molar-refractivity contribution in [1.29, 1.82) is 0 Å². The Hall–Kier alpha value is -2.10. The Morgan fingerprint density at radius 2 is 1.88 bits per heavy atom. The first-order valence-corrected chi connectivity index (χ1v) is 9.24. The highest BCUT2D eigenvalue weighted by molar-refractivity contribution is 8.00. The van der Waals surface area contributed by atoms with Crippen molar-refractivity contribution in [2.45, 2.75) is 50.4 Å².